The van der Waals surface area contributed by atoms with Gasteiger partial charge in [-0.05, 0) is 65.2 Å². The van der Waals surface area contributed by atoms with E-state index in [-0.39, 0.29) is 6.61 Å². The SMILES string of the molecule is Cc1ccc(OCc2nc(-c3ccc(Br)o3)no2)cc1C. The van der Waals surface area contributed by atoms with E-state index >= 15 is 0 Å². The van der Waals surface area contributed by atoms with Gasteiger partial charge in [-0.1, -0.05) is 11.2 Å². The third kappa shape index (κ3) is 3.16. The summed E-state index contributed by atoms with van der Waals surface area (Å²) in [5, 5.41) is 3.86. The average molecular weight is 349 g/mol. The van der Waals surface area contributed by atoms with Gasteiger partial charge in [-0.25, -0.2) is 0 Å². The zero-order valence-electron chi connectivity index (χ0n) is 11.6. The molecule has 0 saturated carbocycles. The van der Waals surface area contributed by atoms with Crippen molar-refractivity contribution in [2.45, 2.75) is 20.5 Å². The topological polar surface area (TPSA) is 61.3 Å². The highest BCUT2D eigenvalue weighted by Crippen LogP contribution is 2.23. The van der Waals surface area contributed by atoms with Crippen LogP contribution in [0.4, 0.5) is 0 Å². The van der Waals surface area contributed by atoms with Gasteiger partial charge in [0.25, 0.3) is 5.89 Å². The molecule has 0 N–H and O–H groups in total. The molecule has 0 aliphatic carbocycles. The first-order chi connectivity index (χ1) is 10.1. The van der Waals surface area contributed by atoms with Crippen LogP contribution in [-0.4, -0.2) is 10.1 Å². The third-order valence-corrected chi connectivity index (χ3v) is 3.53. The number of hydrogen-bond acceptors (Lipinski definition) is 5. The van der Waals surface area contributed by atoms with E-state index in [1.54, 1.807) is 12.1 Å². The van der Waals surface area contributed by atoms with Crippen LogP contribution in [0.2, 0.25) is 0 Å². The fraction of sp³-hybridized carbons (Fsp3) is 0.200. The summed E-state index contributed by atoms with van der Waals surface area (Å²) >= 11 is 3.23. The first kappa shape index (κ1) is 13.9. The van der Waals surface area contributed by atoms with Gasteiger partial charge in [0, 0.05) is 0 Å². The van der Waals surface area contributed by atoms with Crippen LogP contribution in [-0.2, 0) is 6.61 Å². The fourth-order valence-corrected chi connectivity index (χ4v) is 2.10. The first-order valence-electron chi connectivity index (χ1n) is 6.40. The summed E-state index contributed by atoms with van der Waals surface area (Å²) in [5.41, 5.74) is 2.41. The lowest BCUT2D eigenvalue weighted by Crippen LogP contribution is -1.96. The molecule has 0 spiro atoms. The second-order valence-electron chi connectivity index (χ2n) is 4.65. The van der Waals surface area contributed by atoms with E-state index in [0.717, 1.165) is 5.75 Å². The van der Waals surface area contributed by atoms with E-state index in [1.807, 2.05) is 25.1 Å². The van der Waals surface area contributed by atoms with Crippen LogP contribution in [0, 0.1) is 13.8 Å². The summed E-state index contributed by atoms with van der Waals surface area (Å²) in [6.45, 7) is 4.32. The second kappa shape index (κ2) is 5.73. The van der Waals surface area contributed by atoms with Gasteiger partial charge in [0.2, 0.25) is 5.82 Å². The Hall–Kier alpha value is -2.08. The smallest absolute Gasteiger partial charge is 0.264 e. The van der Waals surface area contributed by atoms with Gasteiger partial charge in [-0.15, -0.1) is 0 Å². The molecule has 0 unspecified atom stereocenters. The van der Waals surface area contributed by atoms with E-state index in [4.69, 9.17) is 13.7 Å². The maximum Gasteiger partial charge on any atom is 0.264 e. The predicted octanol–water partition coefficient (Wildman–Crippen LogP) is 4.29. The summed E-state index contributed by atoms with van der Waals surface area (Å²) < 4.78 is 16.8. The molecular formula is C15H13BrN2O3. The normalized spacial score (nSPS) is 10.8. The predicted molar refractivity (Wildman–Crippen MR) is 79.9 cm³/mol. The lowest BCUT2D eigenvalue weighted by atomic mass is 10.1. The van der Waals surface area contributed by atoms with Crippen molar-refractivity contribution in [3.63, 3.8) is 0 Å². The van der Waals surface area contributed by atoms with Crippen molar-refractivity contribution in [2.75, 3.05) is 0 Å². The van der Waals surface area contributed by atoms with Gasteiger partial charge < -0.3 is 13.7 Å². The Morgan fingerprint density at radius 3 is 2.71 bits per heavy atom. The number of benzene rings is 1. The van der Waals surface area contributed by atoms with Crippen molar-refractivity contribution in [2.24, 2.45) is 0 Å². The monoisotopic (exact) mass is 348 g/mol. The van der Waals surface area contributed by atoms with E-state index in [2.05, 4.69) is 33.0 Å². The molecule has 0 bridgehead atoms. The quantitative estimate of drug-likeness (QED) is 0.703. The zero-order valence-corrected chi connectivity index (χ0v) is 13.2. The highest BCUT2D eigenvalue weighted by molar-refractivity contribution is 9.10. The summed E-state index contributed by atoms with van der Waals surface area (Å²) in [4.78, 5) is 4.23. The Morgan fingerprint density at radius 1 is 1.14 bits per heavy atom. The van der Waals surface area contributed by atoms with Crippen molar-refractivity contribution in [3.05, 3.63) is 52.0 Å². The second-order valence-corrected chi connectivity index (χ2v) is 5.43. The number of halogens is 1. The molecule has 2 heterocycles. The van der Waals surface area contributed by atoms with E-state index in [9.17, 15) is 0 Å². The molecule has 0 atom stereocenters. The molecule has 3 rings (SSSR count). The van der Waals surface area contributed by atoms with Crippen molar-refractivity contribution in [1.82, 2.24) is 10.1 Å². The van der Waals surface area contributed by atoms with Crippen LogP contribution in [0.25, 0.3) is 11.6 Å². The summed E-state index contributed by atoms with van der Waals surface area (Å²) in [7, 11) is 0. The van der Waals surface area contributed by atoms with E-state index in [1.165, 1.54) is 11.1 Å². The van der Waals surface area contributed by atoms with Gasteiger partial charge in [-0.3, -0.25) is 0 Å². The first-order valence-corrected chi connectivity index (χ1v) is 7.19. The molecule has 0 aliphatic rings. The van der Waals surface area contributed by atoms with Crippen molar-refractivity contribution >= 4 is 15.9 Å². The van der Waals surface area contributed by atoms with Gasteiger partial charge in [0.15, 0.2) is 17.0 Å². The van der Waals surface area contributed by atoms with Gasteiger partial charge in [-0.2, -0.15) is 4.98 Å². The van der Waals surface area contributed by atoms with Crippen LogP contribution < -0.4 is 4.74 Å². The van der Waals surface area contributed by atoms with Gasteiger partial charge >= 0.3 is 0 Å². The van der Waals surface area contributed by atoms with Gasteiger partial charge in [0.05, 0.1) is 0 Å². The minimum atomic E-state index is 0.220. The lowest BCUT2D eigenvalue weighted by Gasteiger charge is -2.05. The molecular weight excluding hydrogens is 336 g/mol. The Morgan fingerprint density at radius 2 is 2.00 bits per heavy atom. The molecule has 0 amide bonds. The lowest BCUT2D eigenvalue weighted by molar-refractivity contribution is 0.243. The largest absolute Gasteiger partial charge is 0.484 e. The maximum absolute atomic E-state index is 5.65. The molecule has 5 nitrogen and oxygen atoms in total. The Bertz CT molecular complexity index is 764. The number of hydrogen-bond donors (Lipinski definition) is 0. The standard InChI is InChI=1S/C15H13BrN2O3/c1-9-3-4-11(7-10(9)2)19-8-14-17-15(18-21-14)12-5-6-13(16)20-12/h3-7H,8H2,1-2H3. The number of nitrogens with zero attached hydrogens (tertiary/aromatic N) is 2. The van der Waals surface area contributed by atoms with Crippen molar-refractivity contribution in [1.29, 1.82) is 0 Å². The molecule has 0 aliphatic heterocycles. The number of ether oxygens (including phenoxy) is 1. The minimum Gasteiger partial charge on any atom is -0.484 e. The Kier molecular flexibility index (Phi) is 3.79. The fourth-order valence-electron chi connectivity index (χ4n) is 1.80. The van der Waals surface area contributed by atoms with Crippen LogP contribution in [0.3, 0.4) is 0 Å². The molecule has 21 heavy (non-hydrogen) atoms. The average Bonchev–Trinajstić information content (AvgIpc) is 3.09. The Labute approximate surface area is 130 Å². The molecule has 6 heteroatoms. The molecule has 0 saturated heterocycles. The number of furan rings is 1. The number of rotatable bonds is 4. The van der Waals surface area contributed by atoms with Crippen LogP contribution in [0.1, 0.15) is 17.0 Å². The minimum absolute atomic E-state index is 0.220. The maximum atomic E-state index is 5.65. The highest BCUT2D eigenvalue weighted by Gasteiger charge is 2.12. The van der Waals surface area contributed by atoms with Crippen molar-refractivity contribution < 1.29 is 13.7 Å². The Balaban J connectivity index is 1.68. The molecule has 108 valence electrons. The summed E-state index contributed by atoms with van der Waals surface area (Å²) in [6, 6.07) is 9.46. The van der Waals surface area contributed by atoms with Crippen LogP contribution in [0.5, 0.6) is 5.75 Å². The van der Waals surface area contributed by atoms with Crippen LogP contribution in [0.15, 0.2) is 43.9 Å². The molecule has 1 aromatic carbocycles. The third-order valence-electron chi connectivity index (χ3n) is 3.10. The molecule has 3 aromatic rings. The van der Waals surface area contributed by atoms with Crippen molar-refractivity contribution in [3.8, 4) is 17.3 Å². The molecule has 0 radical (unpaired) electrons. The summed E-state index contributed by atoms with van der Waals surface area (Å²) in [5.74, 6) is 2.12. The summed E-state index contributed by atoms with van der Waals surface area (Å²) in [6.07, 6.45) is 0. The zero-order chi connectivity index (χ0) is 14.8. The molecule has 2 aromatic heterocycles. The number of aryl methyl sites for hydroxylation is 2. The van der Waals surface area contributed by atoms with Gasteiger partial charge in [0.1, 0.15) is 5.75 Å². The van der Waals surface area contributed by atoms with E-state index < -0.39 is 0 Å². The van der Waals surface area contributed by atoms with Crippen LogP contribution >= 0.6 is 15.9 Å². The highest BCUT2D eigenvalue weighted by atomic mass is 79.9. The number of aromatic nitrogens is 2. The van der Waals surface area contributed by atoms with E-state index in [0.29, 0.717) is 22.1 Å². The molecule has 0 fully saturated rings.